The number of nitrogens with two attached hydrogens (primary N) is 1. The zero-order chi connectivity index (χ0) is 18.4. The molecule has 0 aliphatic heterocycles. The molecule has 0 fully saturated rings. The number of nitrogens with one attached hydrogen (secondary N) is 2. The van der Waals surface area contributed by atoms with Crippen molar-refractivity contribution < 1.29 is 13.9 Å². The lowest BCUT2D eigenvalue weighted by Crippen LogP contribution is -2.21. The SMILES string of the molecule is COC(=O)c1ccc(-c2ccc(N/N=C(\C#N)C(=N)N)cc2)cc1F. The average molecular weight is 339 g/mol. The molecule has 25 heavy (non-hydrogen) atoms. The standard InChI is InChI=1S/C17H14FN5O2/c1-25-17(24)13-7-4-11(8-14(13)18)10-2-5-12(6-3-10)22-23-15(9-19)16(20)21/h2-8,22H,1H3,(H3,20,21)/b23-15+. The van der Waals surface area contributed by atoms with Gasteiger partial charge in [0.05, 0.1) is 18.4 Å². The minimum absolute atomic E-state index is 0.132. The summed E-state index contributed by atoms with van der Waals surface area (Å²) >= 11 is 0. The number of ether oxygens (including phenoxy) is 1. The van der Waals surface area contributed by atoms with E-state index in [1.807, 2.05) is 0 Å². The zero-order valence-corrected chi connectivity index (χ0v) is 13.2. The quantitative estimate of drug-likeness (QED) is 0.334. The number of halogens is 1. The number of methoxy groups -OCH3 is 1. The number of nitriles is 1. The number of carbonyl (C=O) groups is 1. The van der Waals surface area contributed by atoms with Crippen molar-refractivity contribution in [3.63, 3.8) is 0 Å². The molecule has 8 heteroatoms. The monoisotopic (exact) mass is 339 g/mol. The van der Waals surface area contributed by atoms with Crippen molar-refractivity contribution >= 4 is 23.2 Å². The van der Waals surface area contributed by atoms with Gasteiger partial charge in [-0.15, -0.1) is 0 Å². The maximum Gasteiger partial charge on any atom is 0.340 e. The molecule has 4 N–H and O–H groups in total. The molecule has 0 aromatic heterocycles. The molecule has 7 nitrogen and oxygen atoms in total. The van der Waals surface area contributed by atoms with E-state index >= 15 is 0 Å². The molecule has 0 saturated heterocycles. The fraction of sp³-hybridized carbons (Fsp3) is 0.0588. The summed E-state index contributed by atoms with van der Waals surface area (Å²) in [7, 11) is 1.19. The fourth-order valence-electron chi connectivity index (χ4n) is 1.97. The molecule has 0 aliphatic rings. The second kappa shape index (κ2) is 7.70. The molecule has 0 unspecified atom stereocenters. The van der Waals surface area contributed by atoms with Crippen molar-refractivity contribution in [1.29, 1.82) is 10.7 Å². The predicted octanol–water partition coefficient (Wildman–Crippen LogP) is 2.51. The van der Waals surface area contributed by atoms with Crippen molar-refractivity contribution in [1.82, 2.24) is 0 Å². The summed E-state index contributed by atoms with van der Waals surface area (Å²) in [5.74, 6) is -1.84. The van der Waals surface area contributed by atoms with Crippen LogP contribution in [0.5, 0.6) is 0 Å². The third kappa shape index (κ3) is 4.17. The van der Waals surface area contributed by atoms with E-state index in [0.717, 1.165) is 5.56 Å². The Bertz CT molecular complexity index is 885. The Kier molecular flexibility index (Phi) is 5.43. The van der Waals surface area contributed by atoms with Gasteiger partial charge in [0.25, 0.3) is 0 Å². The van der Waals surface area contributed by atoms with E-state index in [1.165, 1.54) is 19.2 Å². The number of hydrogen-bond acceptors (Lipinski definition) is 6. The number of carbonyl (C=O) groups excluding carboxylic acids is 1. The Morgan fingerprint density at radius 2 is 1.92 bits per heavy atom. The number of rotatable bonds is 5. The second-order valence-corrected chi connectivity index (χ2v) is 4.86. The van der Waals surface area contributed by atoms with Crippen LogP contribution in [0.2, 0.25) is 0 Å². The van der Waals surface area contributed by atoms with Gasteiger partial charge in [-0.25, -0.2) is 9.18 Å². The lowest BCUT2D eigenvalue weighted by molar-refractivity contribution is 0.0595. The van der Waals surface area contributed by atoms with Crippen LogP contribution >= 0.6 is 0 Å². The van der Waals surface area contributed by atoms with Crippen LogP contribution in [-0.2, 0) is 4.74 Å². The van der Waals surface area contributed by atoms with E-state index in [-0.39, 0.29) is 11.3 Å². The van der Waals surface area contributed by atoms with E-state index in [9.17, 15) is 9.18 Å². The van der Waals surface area contributed by atoms with Crippen LogP contribution < -0.4 is 11.2 Å². The summed E-state index contributed by atoms with van der Waals surface area (Å²) in [5, 5.41) is 19.6. The van der Waals surface area contributed by atoms with Gasteiger partial charge in [-0.3, -0.25) is 10.8 Å². The van der Waals surface area contributed by atoms with Crippen molar-refractivity contribution in [3.05, 3.63) is 53.8 Å². The van der Waals surface area contributed by atoms with Crippen molar-refractivity contribution in [3.8, 4) is 17.2 Å². The molecular formula is C17H14FN5O2. The van der Waals surface area contributed by atoms with Gasteiger partial charge in [0.1, 0.15) is 11.9 Å². The average Bonchev–Trinajstić information content (AvgIpc) is 2.61. The third-order valence-corrected chi connectivity index (χ3v) is 3.25. The second-order valence-electron chi connectivity index (χ2n) is 4.86. The molecular weight excluding hydrogens is 325 g/mol. The van der Waals surface area contributed by atoms with Crippen molar-refractivity contribution in [2.45, 2.75) is 0 Å². The van der Waals surface area contributed by atoms with Gasteiger partial charge in [-0.05, 0) is 35.4 Å². The van der Waals surface area contributed by atoms with Crippen LogP contribution in [0.4, 0.5) is 10.1 Å². The smallest absolute Gasteiger partial charge is 0.340 e. The Balaban J connectivity index is 2.20. The highest BCUT2D eigenvalue weighted by Gasteiger charge is 2.12. The molecule has 0 atom stereocenters. The van der Waals surface area contributed by atoms with Gasteiger partial charge in [0, 0.05) is 0 Å². The summed E-state index contributed by atoms with van der Waals surface area (Å²) in [6, 6.07) is 12.7. The highest BCUT2D eigenvalue weighted by atomic mass is 19.1. The molecule has 2 aromatic carbocycles. The lowest BCUT2D eigenvalue weighted by Gasteiger charge is -2.07. The van der Waals surface area contributed by atoms with Crippen LogP contribution in [-0.4, -0.2) is 24.6 Å². The summed E-state index contributed by atoms with van der Waals surface area (Å²) < 4.78 is 18.5. The summed E-state index contributed by atoms with van der Waals surface area (Å²) in [5.41, 5.74) is 9.30. The number of esters is 1. The first kappa shape index (κ1) is 17.6. The highest BCUT2D eigenvalue weighted by molar-refractivity contribution is 6.45. The molecule has 0 spiro atoms. The van der Waals surface area contributed by atoms with Crippen LogP contribution in [0, 0.1) is 22.6 Å². The van der Waals surface area contributed by atoms with E-state index < -0.39 is 17.6 Å². The number of nitrogens with zero attached hydrogens (tertiary/aromatic N) is 2. The van der Waals surface area contributed by atoms with Crippen LogP contribution in [0.15, 0.2) is 47.6 Å². The molecule has 2 rings (SSSR count). The Morgan fingerprint density at radius 3 is 2.44 bits per heavy atom. The fourth-order valence-corrected chi connectivity index (χ4v) is 1.97. The van der Waals surface area contributed by atoms with Gasteiger partial charge in [0.15, 0.2) is 5.84 Å². The maximum absolute atomic E-state index is 14.0. The summed E-state index contributed by atoms with van der Waals surface area (Å²) in [4.78, 5) is 11.4. The minimum Gasteiger partial charge on any atom is -0.465 e. The third-order valence-electron chi connectivity index (χ3n) is 3.25. The van der Waals surface area contributed by atoms with E-state index in [0.29, 0.717) is 11.3 Å². The first-order valence-corrected chi connectivity index (χ1v) is 7.02. The van der Waals surface area contributed by atoms with Crippen molar-refractivity contribution in [2.75, 3.05) is 12.5 Å². The lowest BCUT2D eigenvalue weighted by atomic mass is 10.0. The summed E-state index contributed by atoms with van der Waals surface area (Å²) in [6.07, 6.45) is 0. The predicted molar refractivity (Wildman–Crippen MR) is 91.8 cm³/mol. The van der Waals surface area contributed by atoms with Crippen molar-refractivity contribution in [2.24, 2.45) is 10.8 Å². The van der Waals surface area contributed by atoms with Gasteiger partial charge in [0.2, 0.25) is 5.71 Å². The number of amidine groups is 1. The Morgan fingerprint density at radius 1 is 1.28 bits per heavy atom. The molecule has 0 bridgehead atoms. The normalized spacial score (nSPS) is 10.7. The van der Waals surface area contributed by atoms with E-state index in [1.54, 1.807) is 36.4 Å². The zero-order valence-electron chi connectivity index (χ0n) is 13.2. The van der Waals surface area contributed by atoms with Gasteiger partial charge in [-0.2, -0.15) is 10.4 Å². The number of hydrazone groups is 1. The first-order chi connectivity index (χ1) is 12.0. The van der Waals surface area contributed by atoms with Crippen LogP contribution in [0.25, 0.3) is 11.1 Å². The van der Waals surface area contributed by atoms with Gasteiger partial charge >= 0.3 is 5.97 Å². The molecule has 2 aromatic rings. The van der Waals surface area contributed by atoms with Crippen LogP contribution in [0.1, 0.15) is 10.4 Å². The highest BCUT2D eigenvalue weighted by Crippen LogP contribution is 2.24. The number of benzene rings is 2. The topological polar surface area (TPSA) is 124 Å². The molecule has 0 heterocycles. The van der Waals surface area contributed by atoms with E-state index in [2.05, 4.69) is 15.3 Å². The first-order valence-electron chi connectivity index (χ1n) is 7.02. The molecule has 126 valence electrons. The Hall–Kier alpha value is -3.73. The molecule has 0 aliphatic carbocycles. The number of anilines is 1. The number of hydrogen-bond donors (Lipinski definition) is 3. The molecule has 0 amide bonds. The molecule has 0 radical (unpaired) electrons. The van der Waals surface area contributed by atoms with Gasteiger partial charge in [-0.1, -0.05) is 18.2 Å². The molecule has 0 saturated carbocycles. The largest absolute Gasteiger partial charge is 0.465 e. The van der Waals surface area contributed by atoms with Crippen LogP contribution in [0.3, 0.4) is 0 Å². The van der Waals surface area contributed by atoms with E-state index in [4.69, 9.17) is 16.4 Å². The van der Waals surface area contributed by atoms with Gasteiger partial charge < -0.3 is 10.5 Å². The Labute approximate surface area is 143 Å². The minimum atomic E-state index is -0.736. The summed E-state index contributed by atoms with van der Waals surface area (Å²) in [6.45, 7) is 0. The maximum atomic E-state index is 14.0.